The summed E-state index contributed by atoms with van der Waals surface area (Å²) in [6.45, 7) is 36.5. The van der Waals surface area contributed by atoms with Gasteiger partial charge in [-0.2, -0.15) is 0 Å². The fourth-order valence-corrected chi connectivity index (χ4v) is 8.30. The molecule has 0 saturated carbocycles. The van der Waals surface area contributed by atoms with Crippen LogP contribution in [0.25, 0.3) is 11.1 Å². The van der Waals surface area contributed by atoms with E-state index in [4.69, 9.17) is 9.73 Å². The highest BCUT2D eigenvalue weighted by atomic mass is 32.2. The van der Waals surface area contributed by atoms with Gasteiger partial charge in [-0.15, -0.1) is 0 Å². The van der Waals surface area contributed by atoms with Gasteiger partial charge in [0.2, 0.25) is 0 Å². The number of rotatable bonds is 10. The molecular formula is C52H55NOS. The second-order valence-electron chi connectivity index (χ2n) is 15.1. The van der Waals surface area contributed by atoms with E-state index in [0.29, 0.717) is 17.9 Å². The molecule has 0 unspecified atom stereocenters. The summed E-state index contributed by atoms with van der Waals surface area (Å²) in [6.07, 6.45) is 31.5. The Morgan fingerprint density at radius 1 is 0.891 bits per heavy atom. The van der Waals surface area contributed by atoms with E-state index in [-0.39, 0.29) is 10.8 Å². The summed E-state index contributed by atoms with van der Waals surface area (Å²) in [5.74, 6) is 1.23. The molecule has 0 spiro atoms. The maximum atomic E-state index is 6.48. The Bertz CT molecular complexity index is 2260. The zero-order valence-corrected chi connectivity index (χ0v) is 34.6. The van der Waals surface area contributed by atoms with Crippen molar-refractivity contribution in [2.24, 2.45) is 10.4 Å². The van der Waals surface area contributed by atoms with Gasteiger partial charge in [0.15, 0.2) is 0 Å². The number of fused-ring (bicyclic) bond motifs is 3. The third-order valence-electron chi connectivity index (χ3n) is 10.8. The lowest BCUT2D eigenvalue weighted by Gasteiger charge is -2.31. The Morgan fingerprint density at radius 3 is 2.38 bits per heavy atom. The van der Waals surface area contributed by atoms with Gasteiger partial charge in [-0.05, 0) is 90.5 Å². The van der Waals surface area contributed by atoms with Crippen LogP contribution in [-0.2, 0) is 10.2 Å². The van der Waals surface area contributed by atoms with Crippen molar-refractivity contribution in [2.45, 2.75) is 71.6 Å². The number of hydrogen-bond acceptors (Lipinski definition) is 3. The van der Waals surface area contributed by atoms with Gasteiger partial charge in [0.25, 0.3) is 0 Å². The van der Waals surface area contributed by atoms with Gasteiger partial charge >= 0.3 is 0 Å². The first kappa shape index (κ1) is 40.8. The van der Waals surface area contributed by atoms with Crippen molar-refractivity contribution in [3.8, 4) is 11.1 Å². The van der Waals surface area contributed by atoms with Crippen molar-refractivity contribution in [1.29, 1.82) is 0 Å². The molecule has 55 heavy (non-hydrogen) atoms. The van der Waals surface area contributed by atoms with Crippen molar-refractivity contribution < 1.29 is 4.74 Å². The Balaban J connectivity index is 1.53. The molecule has 0 saturated heterocycles. The predicted octanol–water partition coefficient (Wildman–Crippen LogP) is 14.8. The number of thioether (sulfide) groups is 1. The molecule has 280 valence electrons. The average molecular weight is 742 g/mol. The standard InChI is InChI=1S/C52H55NOS/c1-13-16-26-48(35(4)15-3)55-50-37(6)28-32-44-49(50)42-30-29-40(34-45(42)52(44,11)12)46(53-33-17-14-2)24-21-25-47-36(5)27-31-43-41(39(8)54-47)23-20-18-19-22-38(7)51(43,9)10/h13-14,16-22,24-34H,1-2,5,7-8,15,23H2,3-4,6,9-12H3/b20-18-,22-19-,24-21+,26-16-,31-27-,33-17-,43-41+,47-25-,48-35-,53-46+. The van der Waals surface area contributed by atoms with Gasteiger partial charge < -0.3 is 4.74 Å². The highest BCUT2D eigenvalue weighted by molar-refractivity contribution is 8.03. The van der Waals surface area contributed by atoms with Crippen LogP contribution in [0.2, 0.25) is 0 Å². The number of benzene rings is 2. The summed E-state index contributed by atoms with van der Waals surface area (Å²) in [5, 5.41) is 0. The molecule has 2 aromatic rings. The first-order chi connectivity index (χ1) is 26.3. The molecular weight excluding hydrogens is 687 g/mol. The molecule has 1 aliphatic heterocycles. The molecule has 0 aromatic heterocycles. The van der Waals surface area contributed by atoms with Gasteiger partial charge in [0.05, 0.1) is 5.71 Å². The van der Waals surface area contributed by atoms with Gasteiger partial charge in [-0.3, -0.25) is 4.99 Å². The molecule has 0 radical (unpaired) electrons. The smallest absolute Gasteiger partial charge is 0.134 e. The molecule has 0 amide bonds. The quantitative estimate of drug-likeness (QED) is 0.137. The van der Waals surface area contributed by atoms with E-state index in [9.17, 15) is 0 Å². The lowest BCUT2D eigenvalue weighted by Crippen LogP contribution is -2.19. The molecule has 2 aliphatic carbocycles. The minimum absolute atomic E-state index is 0.203. The summed E-state index contributed by atoms with van der Waals surface area (Å²) in [6, 6.07) is 11.3. The van der Waals surface area contributed by atoms with Crippen molar-refractivity contribution in [2.75, 3.05) is 0 Å². The van der Waals surface area contributed by atoms with E-state index < -0.39 is 0 Å². The molecule has 0 N–H and O–H groups in total. The molecule has 0 atom stereocenters. The molecule has 3 aliphatic rings. The molecule has 3 heteroatoms. The van der Waals surface area contributed by atoms with Crippen molar-refractivity contribution in [1.82, 2.24) is 0 Å². The van der Waals surface area contributed by atoms with Crippen LogP contribution in [0.15, 0.2) is 209 Å². The second-order valence-corrected chi connectivity index (χ2v) is 16.2. The zero-order chi connectivity index (χ0) is 39.9. The average Bonchev–Trinajstić information content (AvgIpc) is 3.41. The Labute approximate surface area is 335 Å². The van der Waals surface area contributed by atoms with Gasteiger partial charge in [0.1, 0.15) is 11.5 Å². The van der Waals surface area contributed by atoms with Crippen LogP contribution in [0, 0.1) is 12.3 Å². The normalized spacial score (nSPS) is 22.2. The number of nitrogens with zero attached hydrogens (tertiary/aromatic N) is 1. The van der Waals surface area contributed by atoms with Gasteiger partial charge in [-0.1, -0.05) is 170 Å². The summed E-state index contributed by atoms with van der Waals surface area (Å²) < 4.78 is 6.48. The number of ether oxygens (including phenoxy) is 1. The lowest BCUT2D eigenvalue weighted by atomic mass is 9.74. The number of hydrogen-bond donors (Lipinski definition) is 0. The highest BCUT2D eigenvalue weighted by Gasteiger charge is 2.38. The predicted molar refractivity (Wildman–Crippen MR) is 241 cm³/mol. The van der Waals surface area contributed by atoms with E-state index in [2.05, 4.69) is 142 Å². The van der Waals surface area contributed by atoms with E-state index in [1.165, 1.54) is 43.2 Å². The lowest BCUT2D eigenvalue weighted by molar-refractivity contribution is 0.323. The minimum Gasteiger partial charge on any atom is -0.457 e. The Hall–Kier alpha value is -5.38. The number of aryl methyl sites for hydroxylation is 1. The monoisotopic (exact) mass is 741 g/mol. The van der Waals surface area contributed by atoms with Gasteiger partial charge in [0, 0.05) is 49.1 Å². The van der Waals surface area contributed by atoms with Gasteiger partial charge in [-0.25, -0.2) is 0 Å². The largest absolute Gasteiger partial charge is 0.457 e. The summed E-state index contributed by atoms with van der Waals surface area (Å²) in [7, 11) is 0. The second kappa shape index (κ2) is 17.4. The summed E-state index contributed by atoms with van der Waals surface area (Å²) in [4.78, 5) is 7.46. The number of allylic oxidation sites excluding steroid dienone is 18. The zero-order valence-electron chi connectivity index (χ0n) is 33.8. The maximum absolute atomic E-state index is 6.48. The molecule has 0 fully saturated rings. The Kier molecular flexibility index (Phi) is 12.9. The van der Waals surface area contributed by atoms with Crippen LogP contribution in [0.3, 0.4) is 0 Å². The van der Waals surface area contributed by atoms with E-state index in [1.54, 1.807) is 12.3 Å². The fourth-order valence-electron chi connectivity index (χ4n) is 7.06. The Morgan fingerprint density at radius 2 is 1.65 bits per heavy atom. The van der Waals surface area contributed by atoms with Crippen LogP contribution in [0.4, 0.5) is 0 Å². The maximum Gasteiger partial charge on any atom is 0.134 e. The van der Waals surface area contributed by atoms with Crippen LogP contribution in [0.5, 0.6) is 0 Å². The third-order valence-corrected chi connectivity index (χ3v) is 12.2. The van der Waals surface area contributed by atoms with E-state index >= 15 is 0 Å². The molecule has 2 aromatic carbocycles. The van der Waals surface area contributed by atoms with Crippen molar-refractivity contribution in [3.05, 3.63) is 221 Å². The highest BCUT2D eigenvalue weighted by Crippen LogP contribution is 2.54. The van der Waals surface area contributed by atoms with Crippen molar-refractivity contribution >= 4 is 17.5 Å². The minimum atomic E-state index is -0.311. The summed E-state index contributed by atoms with van der Waals surface area (Å²) >= 11 is 1.86. The first-order valence-corrected chi connectivity index (χ1v) is 19.8. The molecule has 1 heterocycles. The van der Waals surface area contributed by atoms with Crippen molar-refractivity contribution in [3.63, 3.8) is 0 Å². The molecule has 0 bridgehead atoms. The molecule has 2 nitrogen and oxygen atoms in total. The van der Waals surface area contributed by atoms with E-state index in [0.717, 1.165) is 40.0 Å². The van der Waals surface area contributed by atoms with Crippen LogP contribution in [-0.4, -0.2) is 5.71 Å². The summed E-state index contributed by atoms with van der Waals surface area (Å²) in [5.41, 5.74) is 13.1. The fraction of sp³-hybridized carbons (Fsp3) is 0.212. The first-order valence-electron chi connectivity index (χ1n) is 19.0. The van der Waals surface area contributed by atoms with E-state index in [1.807, 2.05) is 60.4 Å². The van der Waals surface area contributed by atoms with Crippen LogP contribution < -0.4 is 0 Å². The topological polar surface area (TPSA) is 21.6 Å². The number of aliphatic imine (C=N–C) groups is 1. The van der Waals surface area contributed by atoms with Crippen LogP contribution >= 0.6 is 11.8 Å². The van der Waals surface area contributed by atoms with Crippen LogP contribution in [0.1, 0.15) is 76.6 Å². The third kappa shape index (κ3) is 8.64. The molecule has 5 rings (SSSR count). The SMILES string of the molecule is C=C\C=C/N=C(\C=C\C=C1/OC(=C)/C2=C(\C=C/C1=C)C(C)(C)C(=C)/C=C\C=C/C2)c1ccc2c(c1)C(C)(C)c1ccc(C)c(SC(/C=C\C=C)=C(/C)CC)c1-2.